The van der Waals surface area contributed by atoms with Crippen LogP contribution in [0.4, 0.5) is 0 Å². The number of imidazole rings is 1. The molecule has 3 aromatic rings. The number of para-hydroxylation sites is 2. The predicted octanol–water partition coefficient (Wildman–Crippen LogP) is 4.46. The highest BCUT2D eigenvalue weighted by Gasteiger charge is 2.26. The number of piperidine rings is 1. The summed E-state index contributed by atoms with van der Waals surface area (Å²) in [5.41, 5.74) is 2.06. The second-order valence-electron chi connectivity index (χ2n) is 7.09. The number of nitrogens with zero attached hydrogens (tertiary/aromatic N) is 2. The lowest BCUT2D eigenvalue weighted by atomic mass is 9.97. The molecule has 5 nitrogen and oxygen atoms in total. The standard InChI is InChI=1S/C22H25N3O2S/c1-27-17-8-10-18(11-9-17)28-14-12-21(26)25-13-4-5-16(15-25)22-23-19-6-2-3-7-20(19)24-22/h2-3,6-11,16H,4-5,12-15H2,1H3,(H,23,24)/t16-/m1/s1. The Morgan fingerprint density at radius 1 is 1.25 bits per heavy atom. The number of rotatable bonds is 6. The molecule has 1 amide bonds. The third-order valence-corrected chi connectivity index (χ3v) is 6.23. The first-order valence-corrected chi connectivity index (χ1v) is 10.7. The molecule has 0 aliphatic carbocycles. The van der Waals surface area contributed by atoms with Gasteiger partial charge in [0.1, 0.15) is 11.6 Å². The minimum Gasteiger partial charge on any atom is -0.497 e. The monoisotopic (exact) mass is 395 g/mol. The number of amides is 1. The molecule has 146 valence electrons. The number of fused-ring (bicyclic) bond motifs is 1. The van der Waals surface area contributed by atoms with Gasteiger partial charge in [-0.25, -0.2) is 4.98 Å². The number of likely N-dealkylation sites (tertiary alicyclic amines) is 1. The Balaban J connectivity index is 1.31. The van der Waals surface area contributed by atoms with Crippen molar-refractivity contribution >= 4 is 28.7 Å². The zero-order valence-electron chi connectivity index (χ0n) is 16.1. The Morgan fingerprint density at radius 2 is 2.07 bits per heavy atom. The normalized spacial score (nSPS) is 17.0. The number of thioether (sulfide) groups is 1. The van der Waals surface area contributed by atoms with E-state index in [1.807, 2.05) is 53.4 Å². The number of aromatic amines is 1. The smallest absolute Gasteiger partial charge is 0.223 e. The van der Waals surface area contributed by atoms with E-state index < -0.39 is 0 Å². The van der Waals surface area contributed by atoms with Gasteiger partial charge in [-0.1, -0.05) is 12.1 Å². The molecule has 1 atom stereocenters. The lowest BCUT2D eigenvalue weighted by Gasteiger charge is -2.32. The van der Waals surface area contributed by atoms with E-state index in [9.17, 15) is 4.79 Å². The van der Waals surface area contributed by atoms with E-state index >= 15 is 0 Å². The second kappa shape index (κ2) is 8.69. The number of methoxy groups -OCH3 is 1. The molecule has 0 bridgehead atoms. The van der Waals surface area contributed by atoms with Gasteiger partial charge >= 0.3 is 0 Å². The average molecular weight is 396 g/mol. The van der Waals surface area contributed by atoms with E-state index in [0.717, 1.165) is 59.2 Å². The van der Waals surface area contributed by atoms with Crippen molar-refractivity contribution in [2.24, 2.45) is 0 Å². The summed E-state index contributed by atoms with van der Waals surface area (Å²) in [6, 6.07) is 16.1. The van der Waals surface area contributed by atoms with Gasteiger partial charge in [-0.2, -0.15) is 0 Å². The van der Waals surface area contributed by atoms with Crippen LogP contribution in [0, 0.1) is 0 Å². The maximum Gasteiger partial charge on any atom is 0.223 e. The van der Waals surface area contributed by atoms with E-state index in [0.29, 0.717) is 12.3 Å². The lowest BCUT2D eigenvalue weighted by Crippen LogP contribution is -2.39. The van der Waals surface area contributed by atoms with Gasteiger partial charge in [0.25, 0.3) is 0 Å². The van der Waals surface area contributed by atoms with Crippen molar-refractivity contribution in [3.8, 4) is 5.75 Å². The van der Waals surface area contributed by atoms with Crippen LogP contribution in [0.15, 0.2) is 53.4 Å². The number of H-pyrrole nitrogens is 1. The van der Waals surface area contributed by atoms with E-state index in [4.69, 9.17) is 9.72 Å². The summed E-state index contributed by atoms with van der Waals surface area (Å²) >= 11 is 1.71. The van der Waals surface area contributed by atoms with E-state index in [1.54, 1.807) is 18.9 Å². The molecule has 1 aliphatic rings. The molecule has 1 fully saturated rings. The van der Waals surface area contributed by atoms with E-state index in [-0.39, 0.29) is 5.91 Å². The van der Waals surface area contributed by atoms with E-state index in [2.05, 4.69) is 4.98 Å². The molecule has 0 unspecified atom stereocenters. The molecule has 0 radical (unpaired) electrons. The van der Waals surface area contributed by atoms with Crippen molar-refractivity contribution in [1.29, 1.82) is 0 Å². The van der Waals surface area contributed by atoms with Gasteiger partial charge in [0.2, 0.25) is 5.91 Å². The van der Waals surface area contributed by atoms with Crippen LogP contribution in [-0.2, 0) is 4.79 Å². The van der Waals surface area contributed by atoms with Gasteiger partial charge in [-0.05, 0) is 49.2 Å². The van der Waals surface area contributed by atoms with Crippen LogP contribution in [0.2, 0.25) is 0 Å². The number of hydrogen-bond donors (Lipinski definition) is 1. The topological polar surface area (TPSA) is 58.2 Å². The molecule has 4 rings (SSSR count). The van der Waals surface area contributed by atoms with Crippen molar-refractivity contribution in [1.82, 2.24) is 14.9 Å². The number of carbonyl (C=O) groups excluding carboxylic acids is 1. The zero-order chi connectivity index (χ0) is 19.3. The number of benzene rings is 2. The molecule has 0 spiro atoms. The number of carbonyl (C=O) groups is 1. The molecular formula is C22H25N3O2S. The minimum absolute atomic E-state index is 0.238. The second-order valence-corrected chi connectivity index (χ2v) is 8.26. The first-order chi connectivity index (χ1) is 13.7. The number of aromatic nitrogens is 2. The molecule has 2 heterocycles. The lowest BCUT2D eigenvalue weighted by molar-refractivity contribution is -0.131. The molecule has 1 N–H and O–H groups in total. The van der Waals surface area contributed by atoms with Crippen LogP contribution < -0.4 is 4.74 Å². The van der Waals surface area contributed by atoms with Gasteiger partial charge in [0.05, 0.1) is 18.1 Å². The molecule has 1 saturated heterocycles. The van der Waals surface area contributed by atoms with Crippen molar-refractivity contribution in [3.05, 3.63) is 54.4 Å². The summed E-state index contributed by atoms with van der Waals surface area (Å²) in [4.78, 5) is 24.0. The van der Waals surface area contributed by atoms with Gasteiger partial charge in [0.15, 0.2) is 0 Å². The highest BCUT2D eigenvalue weighted by Crippen LogP contribution is 2.28. The molecule has 2 aromatic carbocycles. The Bertz CT molecular complexity index is 905. The summed E-state index contributed by atoms with van der Waals surface area (Å²) < 4.78 is 5.18. The Kier molecular flexibility index (Phi) is 5.86. The molecule has 6 heteroatoms. The summed E-state index contributed by atoms with van der Waals surface area (Å²) in [6.07, 6.45) is 2.66. The summed E-state index contributed by atoms with van der Waals surface area (Å²) in [6.45, 7) is 1.61. The quantitative estimate of drug-likeness (QED) is 0.626. The first kappa shape index (κ1) is 18.9. The van der Waals surface area contributed by atoms with Crippen molar-refractivity contribution in [2.45, 2.75) is 30.1 Å². The minimum atomic E-state index is 0.238. The largest absolute Gasteiger partial charge is 0.497 e. The third kappa shape index (κ3) is 4.33. The fourth-order valence-corrected chi connectivity index (χ4v) is 4.52. The van der Waals surface area contributed by atoms with Crippen LogP contribution in [-0.4, -0.2) is 46.7 Å². The van der Waals surface area contributed by atoms with Crippen LogP contribution in [0.5, 0.6) is 5.75 Å². The predicted molar refractivity (Wildman–Crippen MR) is 113 cm³/mol. The number of ether oxygens (including phenoxy) is 1. The van der Waals surface area contributed by atoms with E-state index in [1.165, 1.54) is 0 Å². The number of nitrogens with one attached hydrogen (secondary N) is 1. The first-order valence-electron chi connectivity index (χ1n) is 9.72. The summed E-state index contributed by atoms with van der Waals surface area (Å²) in [7, 11) is 1.66. The van der Waals surface area contributed by atoms with Crippen molar-refractivity contribution in [3.63, 3.8) is 0 Å². The average Bonchev–Trinajstić information content (AvgIpc) is 3.19. The Morgan fingerprint density at radius 3 is 2.86 bits per heavy atom. The van der Waals surface area contributed by atoms with Crippen molar-refractivity contribution in [2.75, 3.05) is 26.0 Å². The SMILES string of the molecule is COc1ccc(SCCC(=O)N2CCC[C@@H](c3nc4ccccc4[nH]3)C2)cc1. The highest BCUT2D eigenvalue weighted by molar-refractivity contribution is 7.99. The highest BCUT2D eigenvalue weighted by atomic mass is 32.2. The van der Waals surface area contributed by atoms with Crippen LogP contribution >= 0.6 is 11.8 Å². The number of hydrogen-bond acceptors (Lipinski definition) is 4. The maximum absolute atomic E-state index is 12.7. The third-order valence-electron chi connectivity index (χ3n) is 5.21. The van der Waals surface area contributed by atoms with Gasteiger partial charge in [-0.15, -0.1) is 11.8 Å². The maximum atomic E-state index is 12.7. The fraction of sp³-hybridized carbons (Fsp3) is 0.364. The van der Waals surface area contributed by atoms with Gasteiger partial charge in [-0.3, -0.25) is 4.79 Å². The molecule has 1 aliphatic heterocycles. The fourth-order valence-electron chi connectivity index (χ4n) is 3.68. The summed E-state index contributed by atoms with van der Waals surface area (Å²) in [5.74, 6) is 3.18. The van der Waals surface area contributed by atoms with Crippen LogP contribution in [0.3, 0.4) is 0 Å². The Hall–Kier alpha value is -2.47. The van der Waals surface area contributed by atoms with Gasteiger partial charge in [0, 0.05) is 36.1 Å². The molecule has 28 heavy (non-hydrogen) atoms. The van der Waals surface area contributed by atoms with Crippen LogP contribution in [0.1, 0.15) is 31.0 Å². The van der Waals surface area contributed by atoms with Crippen molar-refractivity contribution < 1.29 is 9.53 Å². The molecule has 0 saturated carbocycles. The van der Waals surface area contributed by atoms with Gasteiger partial charge < -0.3 is 14.6 Å². The van der Waals surface area contributed by atoms with Crippen LogP contribution in [0.25, 0.3) is 11.0 Å². The molecular weight excluding hydrogens is 370 g/mol. The summed E-state index contributed by atoms with van der Waals surface area (Å²) in [5, 5.41) is 0. The molecule has 1 aromatic heterocycles. The Labute approximate surface area is 169 Å². The zero-order valence-corrected chi connectivity index (χ0v) is 16.9.